The molecule has 1 atom stereocenters. The van der Waals surface area contributed by atoms with Crippen molar-refractivity contribution >= 4 is 5.91 Å². The molecule has 1 rings (SSSR count). The van der Waals surface area contributed by atoms with Crippen LogP contribution in [0.2, 0.25) is 0 Å². The fourth-order valence-electron chi connectivity index (χ4n) is 1.30. The first-order valence-corrected chi connectivity index (χ1v) is 5.10. The van der Waals surface area contributed by atoms with Crippen molar-refractivity contribution in [3.05, 3.63) is 0 Å². The lowest BCUT2D eigenvalue weighted by atomic mass is 10.0. The van der Waals surface area contributed by atoms with Gasteiger partial charge in [-0.05, 0) is 26.2 Å². The Kier molecular flexibility index (Phi) is 3.17. The fourth-order valence-corrected chi connectivity index (χ4v) is 1.30. The van der Waals surface area contributed by atoms with E-state index in [-0.39, 0.29) is 11.4 Å². The number of methoxy groups -OCH3 is 1. The summed E-state index contributed by atoms with van der Waals surface area (Å²) < 4.78 is 5.21. The van der Waals surface area contributed by atoms with Crippen LogP contribution in [0.4, 0.5) is 0 Å². The van der Waals surface area contributed by atoms with E-state index in [2.05, 4.69) is 5.32 Å². The number of hydrogen-bond donors (Lipinski definition) is 2. The summed E-state index contributed by atoms with van der Waals surface area (Å²) in [4.78, 5) is 11.8. The van der Waals surface area contributed by atoms with Crippen LogP contribution >= 0.6 is 0 Å². The Labute approximate surface area is 85.2 Å². The average Bonchev–Trinajstić information content (AvgIpc) is 2.97. The van der Waals surface area contributed by atoms with Gasteiger partial charge in [0, 0.05) is 13.7 Å². The Balaban J connectivity index is 2.56. The lowest BCUT2D eigenvalue weighted by Crippen LogP contribution is -2.52. The zero-order valence-corrected chi connectivity index (χ0v) is 9.22. The van der Waals surface area contributed by atoms with Crippen LogP contribution in [0.3, 0.4) is 0 Å². The molecule has 4 heteroatoms. The van der Waals surface area contributed by atoms with Crippen LogP contribution in [0.15, 0.2) is 0 Å². The molecule has 1 amide bonds. The molecule has 0 aromatic heterocycles. The highest BCUT2D eigenvalue weighted by atomic mass is 16.5. The van der Waals surface area contributed by atoms with Crippen molar-refractivity contribution in [2.24, 2.45) is 5.73 Å². The Morgan fingerprint density at radius 1 is 1.64 bits per heavy atom. The minimum atomic E-state index is -0.717. The predicted octanol–water partition coefficient (Wildman–Crippen LogP) is 0.409. The van der Waals surface area contributed by atoms with Crippen LogP contribution in [-0.4, -0.2) is 30.7 Å². The van der Waals surface area contributed by atoms with Gasteiger partial charge in [0.25, 0.3) is 5.91 Å². The van der Waals surface area contributed by atoms with Gasteiger partial charge in [-0.2, -0.15) is 0 Å². The molecule has 1 fully saturated rings. The highest BCUT2D eigenvalue weighted by Gasteiger charge is 2.45. The lowest BCUT2D eigenvalue weighted by Gasteiger charge is -2.28. The lowest BCUT2D eigenvalue weighted by molar-refractivity contribution is -0.142. The van der Waals surface area contributed by atoms with Crippen LogP contribution in [0.1, 0.15) is 33.1 Å². The number of rotatable bonds is 5. The number of carbonyl (C=O) groups is 1. The average molecular weight is 200 g/mol. The van der Waals surface area contributed by atoms with Crippen molar-refractivity contribution in [3.63, 3.8) is 0 Å². The Bertz CT molecular complexity index is 220. The summed E-state index contributed by atoms with van der Waals surface area (Å²) in [6.45, 7) is 4.25. The summed E-state index contributed by atoms with van der Waals surface area (Å²) in [6.07, 6.45) is 2.63. The molecular weight excluding hydrogens is 180 g/mol. The van der Waals surface area contributed by atoms with E-state index in [1.165, 1.54) is 0 Å². The summed E-state index contributed by atoms with van der Waals surface area (Å²) in [6, 6.07) is 0. The molecule has 4 nitrogen and oxygen atoms in total. The van der Waals surface area contributed by atoms with Crippen molar-refractivity contribution in [1.29, 1.82) is 0 Å². The van der Waals surface area contributed by atoms with Crippen molar-refractivity contribution in [2.75, 3.05) is 13.7 Å². The Hall–Kier alpha value is -0.610. The molecule has 1 aliphatic rings. The first-order valence-electron chi connectivity index (χ1n) is 5.10. The Morgan fingerprint density at radius 2 is 2.21 bits per heavy atom. The van der Waals surface area contributed by atoms with Crippen molar-refractivity contribution in [2.45, 2.75) is 44.2 Å². The molecule has 0 aromatic carbocycles. The van der Waals surface area contributed by atoms with Gasteiger partial charge in [0.05, 0.1) is 5.54 Å². The molecule has 0 aliphatic heterocycles. The zero-order chi connectivity index (χ0) is 10.8. The first kappa shape index (κ1) is 11.5. The van der Waals surface area contributed by atoms with Gasteiger partial charge in [0.15, 0.2) is 0 Å². The minimum Gasteiger partial charge on any atom is -0.369 e. The normalized spacial score (nSPS) is 22.6. The van der Waals surface area contributed by atoms with Gasteiger partial charge in [0.2, 0.25) is 0 Å². The van der Waals surface area contributed by atoms with E-state index >= 15 is 0 Å². The molecule has 82 valence electrons. The largest absolute Gasteiger partial charge is 0.369 e. The zero-order valence-electron chi connectivity index (χ0n) is 9.22. The number of nitrogens with one attached hydrogen (secondary N) is 1. The van der Waals surface area contributed by atoms with E-state index < -0.39 is 5.60 Å². The van der Waals surface area contributed by atoms with Crippen molar-refractivity contribution < 1.29 is 9.53 Å². The second-order valence-corrected chi connectivity index (χ2v) is 4.23. The van der Waals surface area contributed by atoms with Gasteiger partial charge in [-0.25, -0.2) is 0 Å². The van der Waals surface area contributed by atoms with Gasteiger partial charge in [-0.15, -0.1) is 0 Å². The molecular formula is C10H20N2O2. The van der Waals surface area contributed by atoms with E-state index in [1.54, 1.807) is 14.0 Å². The number of nitrogens with two attached hydrogens (primary N) is 1. The number of amides is 1. The highest BCUT2D eigenvalue weighted by molar-refractivity contribution is 5.85. The van der Waals surface area contributed by atoms with E-state index in [0.29, 0.717) is 13.0 Å². The first-order chi connectivity index (χ1) is 6.52. The van der Waals surface area contributed by atoms with E-state index in [9.17, 15) is 4.79 Å². The van der Waals surface area contributed by atoms with Crippen LogP contribution in [0, 0.1) is 0 Å². The number of hydrogen-bond acceptors (Lipinski definition) is 3. The monoisotopic (exact) mass is 200 g/mol. The number of carbonyl (C=O) groups excluding carboxylic acids is 1. The summed E-state index contributed by atoms with van der Waals surface area (Å²) in [5.74, 6) is -0.0505. The van der Waals surface area contributed by atoms with Crippen LogP contribution in [-0.2, 0) is 9.53 Å². The van der Waals surface area contributed by atoms with Crippen LogP contribution in [0.5, 0.6) is 0 Å². The summed E-state index contributed by atoms with van der Waals surface area (Å²) in [5.41, 5.74) is 4.74. The molecule has 1 unspecified atom stereocenters. The van der Waals surface area contributed by atoms with Gasteiger partial charge in [-0.3, -0.25) is 4.79 Å². The van der Waals surface area contributed by atoms with Gasteiger partial charge >= 0.3 is 0 Å². The van der Waals surface area contributed by atoms with Gasteiger partial charge < -0.3 is 15.8 Å². The molecule has 0 heterocycles. The van der Waals surface area contributed by atoms with Crippen LogP contribution in [0.25, 0.3) is 0 Å². The minimum absolute atomic E-state index is 0.0505. The van der Waals surface area contributed by atoms with Gasteiger partial charge in [0.1, 0.15) is 5.60 Å². The molecule has 1 saturated carbocycles. The molecule has 0 radical (unpaired) electrons. The molecule has 0 bridgehead atoms. The fraction of sp³-hybridized carbons (Fsp3) is 0.900. The molecule has 1 aliphatic carbocycles. The third-order valence-corrected chi connectivity index (χ3v) is 3.23. The molecule has 0 aromatic rings. The predicted molar refractivity (Wildman–Crippen MR) is 54.9 cm³/mol. The number of ether oxygens (including phenoxy) is 1. The quantitative estimate of drug-likeness (QED) is 0.675. The van der Waals surface area contributed by atoms with E-state index in [4.69, 9.17) is 10.5 Å². The SMILES string of the molecule is CCC(C)(OC)C(=O)NC1(CN)CC1. The van der Waals surface area contributed by atoms with E-state index in [0.717, 1.165) is 12.8 Å². The summed E-state index contributed by atoms with van der Waals surface area (Å²) in [7, 11) is 1.56. The molecule has 3 N–H and O–H groups in total. The van der Waals surface area contributed by atoms with Gasteiger partial charge in [-0.1, -0.05) is 6.92 Å². The van der Waals surface area contributed by atoms with Crippen molar-refractivity contribution in [1.82, 2.24) is 5.32 Å². The maximum atomic E-state index is 11.8. The summed E-state index contributed by atoms with van der Waals surface area (Å²) >= 11 is 0. The third-order valence-electron chi connectivity index (χ3n) is 3.23. The molecule has 0 saturated heterocycles. The highest BCUT2D eigenvalue weighted by Crippen LogP contribution is 2.34. The standard InChI is InChI=1S/C10H20N2O2/c1-4-9(2,14-3)8(13)12-10(7-11)5-6-10/h4-7,11H2,1-3H3,(H,12,13). The maximum absolute atomic E-state index is 11.8. The Morgan fingerprint density at radius 3 is 2.50 bits per heavy atom. The van der Waals surface area contributed by atoms with E-state index in [1.807, 2.05) is 6.92 Å². The summed E-state index contributed by atoms with van der Waals surface area (Å²) in [5, 5.41) is 2.97. The van der Waals surface area contributed by atoms with Crippen molar-refractivity contribution in [3.8, 4) is 0 Å². The second-order valence-electron chi connectivity index (χ2n) is 4.23. The maximum Gasteiger partial charge on any atom is 0.252 e. The molecule has 0 spiro atoms. The smallest absolute Gasteiger partial charge is 0.252 e. The topological polar surface area (TPSA) is 64.3 Å². The second kappa shape index (κ2) is 3.87. The third kappa shape index (κ3) is 2.07. The van der Waals surface area contributed by atoms with Crippen LogP contribution < -0.4 is 11.1 Å². The molecule has 14 heavy (non-hydrogen) atoms.